The van der Waals surface area contributed by atoms with Gasteiger partial charge < -0.3 is 10.1 Å². The van der Waals surface area contributed by atoms with Gasteiger partial charge in [-0.15, -0.1) is 0 Å². The Bertz CT molecular complexity index is 1370. The lowest BCUT2D eigenvalue weighted by atomic mass is 10.0. The minimum Gasteiger partial charge on any atom is -0.494 e. The highest BCUT2D eigenvalue weighted by Gasteiger charge is 2.21. The van der Waals surface area contributed by atoms with Gasteiger partial charge in [0, 0.05) is 35.1 Å². The summed E-state index contributed by atoms with van der Waals surface area (Å²) in [7, 11) is 0. The minimum absolute atomic E-state index is 0.0996. The number of aliphatic imine (C=N–C) groups is 1. The van der Waals surface area contributed by atoms with Crippen LogP contribution in [0.3, 0.4) is 0 Å². The number of hydrogen-bond donors (Lipinski definition) is 2. The molecule has 0 amide bonds. The van der Waals surface area contributed by atoms with Crippen LogP contribution in [0.15, 0.2) is 71.7 Å². The third-order valence-corrected chi connectivity index (χ3v) is 6.11. The summed E-state index contributed by atoms with van der Waals surface area (Å²) in [5, 5.41) is 22.5. The van der Waals surface area contributed by atoms with E-state index >= 15 is 0 Å². The SMILES string of the molecule is O=[N+]([O-])c1ccc2[nH]c(O)c(C(=Nc3ccc(CN4CCCC4)cc3)c3ccc(F)cc3)c2c1. The largest absolute Gasteiger partial charge is 0.494 e. The molecular formula is C26H23FN4O3. The fourth-order valence-corrected chi connectivity index (χ4v) is 4.40. The first kappa shape index (κ1) is 21.8. The third kappa shape index (κ3) is 4.40. The van der Waals surface area contributed by atoms with Crippen LogP contribution in [0.25, 0.3) is 10.9 Å². The van der Waals surface area contributed by atoms with E-state index in [2.05, 4.69) is 9.88 Å². The molecular weight excluding hydrogens is 435 g/mol. The number of nitro benzene ring substituents is 1. The Morgan fingerprint density at radius 1 is 1.06 bits per heavy atom. The van der Waals surface area contributed by atoms with Gasteiger partial charge >= 0.3 is 0 Å². The van der Waals surface area contributed by atoms with Crippen LogP contribution in [0.1, 0.15) is 29.5 Å². The number of aromatic amines is 1. The van der Waals surface area contributed by atoms with Crippen molar-refractivity contribution in [3.8, 4) is 5.88 Å². The molecule has 2 heterocycles. The molecule has 0 bridgehead atoms. The number of H-pyrrole nitrogens is 1. The van der Waals surface area contributed by atoms with Gasteiger partial charge in [0.2, 0.25) is 0 Å². The Labute approximate surface area is 195 Å². The number of aromatic nitrogens is 1. The van der Waals surface area contributed by atoms with Crippen LogP contribution in [0, 0.1) is 15.9 Å². The van der Waals surface area contributed by atoms with E-state index in [0.29, 0.717) is 33.4 Å². The molecule has 2 N–H and O–H groups in total. The average Bonchev–Trinajstić information content (AvgIpc) is 3.45. The number of benzene rings is 3. The summed E-state index contributed by atoms with van der Waals surface area (Å²) in [6, 6.07) is 18.0. The molecule has 1 aliphatic rings. The molecule has 0 atom stereocenters. The zero-order chi connectivity index (χ0) is 23.7. The average molecular weight is 458 g/mol. The van der Waals surface area contributed by atoms with Crippen LogP contribution < -0.4 is 0 Å². The molecule has 1 aliphatic heterocycles. The summed E-state index contributed by atoms with van der Waals surface area (Å²) in [6.07, 6.45) is 2.46. The van der Waals surface area contributed by atoms with Crippen molar-refractivity contribution >= 4 is 28.0 Å². The van der Waals surface area contributed by atoms with Gasteiger partial charge in [-0.3, -0.25) is 15.0 Å². The van der Waals surface area contributed by atoms with E-state index in [0.717, 1.165) is 19.6 Å². The zero-order valence-corrected chi connectivity index (χ0v) is 18.4. The number of nitro groups is 1. The molecule has 1 fully saturated rings. The van der Waals surface area contributed by atoms with Crippen LogP contribution in [0.5, 0.6) is 5.88 Å². The van der Waals surface area contributed by atoms with Crippen molar-refractivity contribution in [1.29, 1.82) is 0 Å². The van der Waals surface area contributed by atoms with Crippen molar-refractivity contribution < 1.29 is 14.4 Å². The molecule has 0 unspecified atom stereocenters. The van der Waals surface area contributed by atoms with Crippen molar-refractivity contribution in [1.82, 2.24) is 9.88 Å². The van der Waals surface area contributed by atoms with E-state index < -0.39 is 10.7 Å². The number of non-ortho nitro benzene ring substituents is 1. The number of hydrogen-bond acceptors (Lipinski definition) is 5. The smallest absolute Gasteiger partial charge is 0.270 e. The van der Waals surface area contributed by atoms with Crippen molar-refractivity contribution in [2.24, 2.45) is 4.99 Å². The normalized spacial score (nSPS) is 14.7. The van der Waals surface area contributed by atoms with E-state index in [-0.39, 0.29) is 11.6 Å². The first-order chi connectivity index (χ1) is 16.5. The van der Waals surface area contributed by atoms with Gasteiger partial charge in [-0.05, 0) is 74.0 Å². The zero-order valence-electron chi connectivity index (χ0n) is 18.4. The fraction of sp³-hybridized carbons (Fsp3) is 0.192. The number of likely N-dealkylation sites (tertiary alicyclic amines) is 1. The van der Waals surface area contributed by atoms with Gasteiger partial charge in [0.05, 0.1) is 21.9 Å². The second kappa shape index (κ2) is 9.07. The van der Waals surface area contributed by atoms with Crippen LogP contribution in [0.4, 0.5) is 15.8 Å². The molecule has 0 spiro atoms. The Hall–Kier alpha value is -4.04. The highest BCUT2D eigenvalue weighted by atomic mass is 19.1. The van der Waals surface area contributed by atoms with Crippen LogP contribution in [-0.4, -0.2) is 38.7 Å². The molecule has 0 radical (unpaired) electrons. The summed E-state index contributed by atoms with van der Waals surface area (Å²) in [5.41, 5.74) is 3.57. The Morgan fingerprint density at radius 2 is 1.76 bits per heavy atom. The Kier molecular flexibility index (Phi) is 5.81. The summed E-state index contributed by atoms with van der Waals surface area (Å²) in [5.74, 6) is -0.558. The number of rotatable bonds is 6. The van der Waals surface area contributed by atoms with Crippen molar-refractivity contribution in [3.05, 3.63) is 99.4 Å². The topological polar surface area (TPSA) is 94.8 Å². The van der Waals surface area contributed by atoms with Gasteiger partial charge in [0.25, 0.3) is 5.69 Å². The number of fused-ring (bicyclic) bond motifs is 1. The fourth-order valence-electron chi connectivity index (χ4n) is 4.40. The molecule has 0 aliphatic carbocycles. The molecule has 1 saturated heterocycles. The monoisotopic (exact) mass is 458 g/mol. The molecule has 8 heteroatoms. The molecule has 1 aromatic heterocycles. The lowest BCUT2D eigenvalue weighted by molar-refractivity contribution is -0.384. The maximum absolute atomic E-state index is 13.6. The molecule has 0 saturated carbocycles. The second-order valence-electron chi connectivity index (χ2n) is 8.45. The number of halogens is 1. The predicted molar refractivity (Wildman–Crippen MR) is 129 cm³/mol. The molecule has 7 nitrogen and oxygen atoms in total. The van der Waals surface area contributed by atoms with Crippen LogP contribution >= 0.6 is 0 Å². The van der Waals surface area contributed by atoms with E-state index in [9.17, 15) is 19.6 Å². The molecule has 4 aromatic rings. The summed E-state index contributed by atoms with van der Waals surface area (Å²) in [6.45, 7) is 3.11. The first-order valence-electron chi connectivity index (χ1n) is 11.1. The standard InChI is InChI=1S/C26H23FN4O3/c27-19-7-5-18(6-8-19)25(24-22-15-21(31(33)34)11-12-23(22)29-26(24)32)28-20-9-3-17(4-10-20)16-30-13-1-2-14-30/h3-12,15,29,32H,1-2,13-14,16H2. The lowest BCUT2D eigenvalue weighted by Crippen LogP contribution is -2.18. The van der Waals surface area contributed by atoms with E-state index in [1.54, 1.807) is 18.2 Å². The van der Waals surface area contributed by atoms with Gasteiger partial charge in [0.15, 0.2) is 5.88 Å². The van der Waals surface area contributed by atoms with Crippen molar-refractivity contribution in [2.45, 2.75) is 19.4 Å². The molecule has 3 aromatic carbocycles. The quantitative estimate of drug-likeness (QED) is 0.221. The first-order valence-corrected chi connectivity index (χ1v) is 11.1. The summed E-state index contributed by atoms with van der Waals surface area (Å²) in [4.78, 5) is 20.9. The predicted octanol–water partition coefficient (Wildman–Crippen LogP) is 5.69. The molecule has 5 rings (SSSR count). The van der Waals surface area contributed by atoms with Crippen molar-refractivity contribution in [3.63, 3.8) is 0 Å². The van der Waals surface area contributed by atoms with Gasteiger partial charge in [-0.25, -0.2) is 9.38 Å². The van der Waals surface area contributed by atoms with Crippen LogP contribution in [0.2, 0.25) is 0 Å². The number of nitrogens with one attached hydrogen (secondary N) is 1. The third-order valence-electron chi connectivity index (χ3n) is 6.11. The number of aromatic hydroxyl groups is 1. The Morgan fingerprint density at radius 3 is 2.44 bits per heavy atom. The lowest BCUT2D eigenvalue weighted by Gasteiger charge is -2.14. The molecule has 172 valence electrons. The summed E-state index contributed by atoms with van der Waals surface area (Å²) < 4.78 is 13.6. The van der Waals surface area contributed by atoms with Crippen LogP contribution in [-0.2, 0) is 6.54 Å². The van der Waals surface area contributed by atoms with Crippen molar-refractivity contribution in [2.75, 3.05) is 13.1 Å². The number of nitrogens with zero attached hydrogens (tertiary/aromatic N) is 3. The Balaban J connectivity index is 1.60. The van der Waals surface area contributed by atoms with E-state index in [1.165, 1.54) is 42.7 Å². The van der Waals surface area contributed by atoms with Gasteiger partial charge in [0.1, 0.15) is 5.82 Å². The molecule has 34 heavy (non-hydrogen) atoms. The maximum atomic E-state index is 13.6. The van der Waals surface area contributed by atoms with Gasteiger partial charge in [-0.1, -0.05) is 12.1 Å². The summed E-state index contributed by atoms with van der Waals surface area (Å²) >= 11 is 0. The van der Waals surface area contributed by atoms with E-state index in [1.807, 2.05) is 24.3 Å². The minimum atomic E-state index is -0.485. The van der Waals surface area contributed by atoms with E-state index in [4.69, 9.17) is 4.99 Å². The highest BCUT2D eigenvalue weighted by Crippen LogP contribution is 2.33. The maximum Gasteiger partial charge on any atom is 0.270 e. The van der Waals surface area contributed by atoms with Gasteiger partial charge in [-0.2, -0.15) is 0 Å². The highest BCUT2D eigenvalue weighted by molar-refractivity contribution is 6.22. The second-order valence-corrected chi connectivity index (χ2v) is 8.45.